The Labute approximate surface area is 178 Å². The Balaban J connectivity index is -0.000000346. The highest BCUT2D eigenvalue weighted by atomic mass is 16.4. The zero-order valence-corrected chi connectivity index (χ0v) is 17.0. The van der Waals surface area contributed by atoms with Crippen molar-refractivity contribution < 1.29 is 49.5 Å². The predicted octanol–water partition coefficient (Wildman–Crippen LogP) is -3.70. The van der Waals surface area contributed by atoms with Gasteiger partial charge in [0.25, 0.3) is 0 Å². The number of hydrogen-bond acceptors (Lipinski definition) is 10. The van der Waals surface area contributed by atoms with E-state index in [0.29, 0.717) is 0 Å². The molecule has 0 saturated carbocycles. The van der Waals surface area contributed by atoms with E-state index >= 15 is 0 Å². The molecule has 0 unspecified atom stereocenters. The Morgan fingerprint density at radius 3 is 1.58 bits per heavy atom. The quantitative estimate of drug-likeness (QED) is 0.160. The van der Waals surface area contributed by atoms with E-state index in [9.17, 15) is 24.0 Å². The van der Waals surface area contributed by atoms with Gasteiger partial charge in [0.15, 0.2) is 0 Å². The topological polar surface area (TPSA) is 303 Å². The molecule has 0 aliphatic carbocycles. The largest absolute Gasteiger partial charge is 0.480 e. The van der Waals surface area contributed by atoms with Gasteiger partial charge in [0.1, 0.15) is 18.1 Å². The summed E-state index contributed by atoms with van der Waals surface area (Å²) >= 11 is 0. The number of nitrogens with two attached hydrogens (primary N) is 4. The van der Waals surface area contributed by atoms with Gasteiger partial charge < -0.3 is 53.8 Å². The van der Waals surface area contributed by atoms with Crippen molar-refractivity contribution in [3.63, 3.8) is 0 Å². The van der Waals surface area contributed by atoms with E-state index in [1.54, 1.807) is 0 Å². The van der Waals surface area contributed by atoms with Crippen LogP contribution in [0.3, 0.4) is 0 Å². The highest BCUT2D eigenvalue weighted by Crippen LogP contribution is 2.03. The third-order valence-corrected chi connectivity index (χ3v) is 3.31. The van der Waals surface area contributed by atoms with Crippen LogP contribution in [0.25, 0.3) is 0 Å². The van der Waals surface area contributed by atoms with Gasteiger partial charge in [0, 0.05) is 13.0 Å². The maximum atomic E-state index is 10.1. The minimum atomic E-state index is -1.11. The molecule has 1 amide bonds. The van der Waals surface area contributed by atoms with Crippen molar-refractivity contribution >= 4 is 29.8 Å². The summed E-state index contributed by atoms with van der Waals surface area (Å²) in [4.78, 5) is 49.4. The van der Waals surface area contributed by atoms with Crippen molar-refractivity contribution in [1.29, 1.82) is 0 Å². The molecule has 182 valence electrons. The first kappa shape index (κ1) is 32.8. The summed E-state index contributed by atoms with van der Waals surface area (Å²) in [6.07, 6.45) is 2.03. The van der Waals surface area contributed by atoms with Crippen LogP contribution in [-0.2, 0) is 24.0 Å². The molecule has 0 aromatic heterocycles. The van der Waals surface area contributed by atoms with Crippen LogP contribution < -0.4 is 28.3 Å². The number of aliphatic hydroxyl groups is 1. The highest BCUT2D eigenvalue weighted by molar-refractivity contribution is 5.77. The first-order valence-electron chi connectivity index (χ1n) is 9.03. The lowest BCUT2D eigenvalue weighted by molar-refractivity contribution is -0.139. The Bertz CT molecular complexity index is 555. The van der Waals surface area contributed by atoms with E-state index in [1.807, 2.05) is 0 Å². The molecule has 1 aliphatic rings. The van der Waals surface area contributed by atoms with Gasteiger partial charge in [-0.3, -0.25) is 24.0 Å². The molecule has 1 saturated heterocycles. The normalized spacial score (nSPS) is 15.9. The third-order valence-electron chi connectivity index (χ3n) is 3.31. The molecule has 0 bridgehead atoms. The van der Waals surface area contributed by atoms with Crippen LogP contribution in [0.15, 0.2) is 0 Å². The van der Waals surface area contributed by atoms with Crippen LogP contribution in [0.1, 0.15) is 32.1 Å². The molecule has 31 heavy (non-hydrogen) atoms. The Hall–Kier alpha value is -2.85. The smallest absolute Gasteiger partial charge is 0.320 e. The monoisotopic (exact) mass is 455 g/mol. The lowest BCUT2D eigenvalue weighted by atomic mass is 10.2. The summed E-state index contributed by atoms with van der Waals surface area (Å²) < 4.78 is 0. The molecule has 0 aromatic carbocycles. The van der Waals surface area contributed by atoms with Crippen molar-refractivity contribution in [2.45, 2.75) is 50.2 Å². The number of amides is 1. The number of nitrogens with one attached hydrogen (secondary N) is 1. The third kappa shape index (κ3) is 25.1. The SMILES string of the molecule is NC(=O)CC[C@H](N)C(=O)O.NCC(=O)O.N[C@@H](CCO)C(=O)O.O=C(O)[C@@H]1CCCN1. The van der Waals surface area contributed by atoms with Crippen LogP contribution in [0.2, 0.25) is 0 Å². The maximum Gasteiger partial charge on any atom is 0.320 e. The first-order valence-corrected chi connectivity index (χ1v) is 9.03. The zero-order chi connectivity index (χ0) is 25.0. The zero-order valence-electron chi connectivity index (χ0n) is 17.0. The summed E-state index contributed by atoms with van der Waals surface area (Å²) in [5.41, 5.74) is 19.4. The minimum Gasteiger partial charge on any atom is -0.480 e. The number of carbonyl (C=O) groups excluding carboxylic acids is 1. The number of carbonyl (C=O) groups is 5. The molecule has 1 heterocycles. The molecule has 1 fully saturated rings. The summed E-state index contributed by atoms with van der Waals surface area (Å²) in [7, 11) is 0. The van der Waals surface area contributed by atoms with Gasteiger partial charge in [-0.05, 0) is 32.2 Å². The van der Waals surface area contributed by atoms with Gasteiger partial charge in [-0.25, -0.2) is 0 Å². The van der Waals surface area contributed by atoms with E-state index in [2.05, 4.69) is 11.1 Å². The Morgan fingerprint density at radius 1 is 0.935 bits per heavy atom. The molecule has 3 atom stereocenters. The molecule has 1 aliphatic heterocycles. The second kappa shape index (κ2) is 20.4. The van der Waals surface area contributed by atoms with Crippen molar-refractivity contribution in [3.8, 4) is 0 Å². The van der Waals surface area contributed by atoms with E-state index < -0.39 is 41.9 Å². The molecule has 14 N–H and O–H groups in total. The summed E-state index contributed by atoms with van der Waals surface area (Å²) in [5, 5.41) is 43.2. The molecule has 15 nitrogen and oxygen atoms in total. The number of carboxylic acids is 4. The molecule has 15 heteroatoms. The summed E-state index contributed by atoms with van der Waals surface area (Å²) in [5.74, 6) is -4.40. The summed E-state index contributed by atoms with van der Waals surface area (Å²) in [6.45, 7) is 0.407. The minimum absolute atomic E-state index is 0.0213. The fourth-order valence-electron chi connectivity index (χ4n) is 1.58. The molecule has 1 rings (SSSR count). The number of aliphatic carboxylic acids is 4. The van der Waals surface area contributed by atoms with Crippen LogP contribution in [-0.4, -0.2) is 93.1 Å². The van der Waals surface area contributed by atoms with Crippen molar-refractivity contribution in [1.82, 2.24) is 5.32 Å². The van der Waals surface area contributed by atoms with E-state index in [4.69, 9.17) is 42.7 Å². The highest BCUT2D eigenvalue weighted by Gasteiger charge is 2.20. The van der Waals surface area contributed by atoms with Gasteiger partial charge >= 0.3 is 23.9 Å². The first-order chi connectivity index (χ1) is 14.3. The van der Waals surface area contributed by atoms with Crippen molar-refractivity contribution in [2.24, 2.45) is 22.9 Å². The number of hydrogen-bond donors (Lipinski definition) is 10. The molecule has 0 radical (unpaired) electrons. The lowest BCUT2D eigenvalue weighted by Crippen LogP contribution is -2.31. The van der Waals surface area contributed by atoms with Crippen molar-refractivity contribution in [2.75, 3.05) is 19.7 Å². The maximum absolute atomic E-state index is 10.1. The molecule has 0 spiro atoms. The fourth-order valence-corrected chi connectivity index (χ4v) is 1.58. The number of primary amides is 1. The van der Waals surface area contributed by atoms with Gasteiger partial charge in [-0.15, -0.1) is 0 Å². The summed E-state index contributed by atoms with van der Waals surface area (Å²) in [6, 6.07) is -2.16. The van der Waals surface area contributed by atoms with Crippen LogP contribution in [0, 0.1) is 0 Å². The fraction of sp³-hybridized carbons (Fsp3) is 0.688. The van der Waals surface area contributed by atoms with Gasteiger partial charge in [-0.2, -0.15) is 0 Å². The Kier molecular flexibility index (Phi) is 21.6. The van der Waals surface area contributed by atoms with E-state index in [-0.39, 0.29) is 38.5 Å². The second-order valence-corrected chi connectivity index (χ2v) is 5.99. The molecular formula is C16H33N5O10. The average molecular weight is 455 g/mol. The van der Waals surface area contributed by atoms with Gasteiger partial charge in [-0.1, -0.05) is 0 Å². The lowest BCUT2D eigenvalue weighted by Gasteiger charge is -2.01. The molecular weight excluding hydrogens is 422 g/mol. The number of aliphatic hydroxyl groups excluding tert-OH is 1. The van der Waals surface area contributed by atoms with Crippen LogP contribution in [0.5, 0.6) is 0 Å². The predicted molar refractivity (Wildman–Crippen MR) is 107 cm³/mol. The van der Waals surface area contributed by atoms with E-state index in [0.717, 1.165) is 19.4 Å². The Morgan fingerprint density at radius 2 is 1.39 bits per heavy atom. The van der Waals surface area contributed by atoms with Gasteiger partial charge in [0.2, 0.25) is 5.91 Å². The van der Waals surface area contributed by atoms with Gasteiger partial charge in [0.05, 0.1) is 6.54 Å². The number of rotatable bonds is 9. The number of carboxylic acid groups (broad SMARTS) is 4. The standard InChI is InChI=1S/C5H10N2O3.C5H9NO2.C4H9NO3.C2H5NO2/c6-3(5(9)10)1-2-4(7)8;7-5(8)4-2-1-3-6-4;5-3(1-2-6)4(7)8;3-1-2(4)5/h3H,1-2,6H2,(H2,7,8)(H,9,10);4,6H,1-3H2,(H,7,8);3,6H,1-2,5H2,(H,7,8);1,3H2,(H,4,5)/t3-;4-;3-;/m000./s1. The van der Waals surface area contributed by atoms with Crippen molar-refractivity contribution in [3.05, 3.63) is 0 Å². The second-order valence-electron chi connectivity index (χ2n) is 5.99. The molecule has 0 aromatic rings. The van der Waals surface area contributed by atoms with Crippen LogP contribution in [0.4, 0.5) is 0 Å². The average Bonchev–Trinajstić information content (AvgIpc) is 3.22. The van der Waals surface area contributed by atoms with E-state index in [1.165, 1.54) is 0 Å². The van der Waals surface area contributed by atoms with Crippen LogP contribution >= 0.6 is 0 Å².